The lowest BCUT2D eigenvalue weighted by atomic mass is 9.86. The molecule has 0 saturated heterocycles. The van der Waals surface area contributed by atoms with Crippen molar-refractivity contribution in [2.45, 2.75) is 51.6 Å². The van der Waals surface area contributed by atoms with Gasteiger partial charge in [-0.25, -0.2) is 4.79 Å². The van der Waals surface area contributed by atoms with E-state index >= 15 is 0 Å². The summed E-state index contributed by atoms with van der Waals surface area (Å²) in [6, 6.07) is 5.21. The van der Waals surface area contributed by atoms with Gasteiger partial charge in [0.2, 0.25) is 0 Å². The lowest BCUT2D eigenvalue weighted by Crippen LogP contribution is -2.29. The van der Waals surface area contributed by atoms with Crippen molar-refractivity contribution in [2.24, 2.45) is 5.92 Å². The molecule has 1 aliphatic heterocycles. The van der Waals surface area contributed by atoms with Crippen molar-refractivity contribution in [1.82, 2.24) is 9.88 Å². The number of carbonyl (C=O) groups is 2. The molecule has 2 heterocycles. The number of methoxy groups -OCH3 is 1. The summed E-state index contributed by atoms with van der Waals surface area (Å²) in [5.41, 5.74) is 1.97. The molecule has 1 aliphatic carbocycles. The Morgan fingerprint density at radius 3 is 2.58 bits per heavy atom. The van der Waals surface area contributed by atoms with E-state index in [-0.39, 0.29) is 29.5 Å². The Balaban J connectivity index is 1.82. The summed E-state index contributed by atoms with van der Waals surface area (Å²) in [6.07, 6.45) is 4.70. The fourth-order valence-electron chi connectivity index (χ4n) is 4.28. The molecule has 0 spiro atoms. The number of benzene rings is 1. The molecule has 1 amide bonds. The zero-order valence-corrected chi connectivity index (χ0v) is 19.2. The molecule has 0 radical (unpaired) electrons. The van der Waals surface area contributed by atoms with Gasteiger partial charge in [-0.05, 0) is 42.9 Å². The third-order valence-electron chi connectivity index (χ3n) is 6.25. The Bertz CT molecular complexity index is 1130. The molecule has 1 atom stereocenters. The van der Waals surface area contributed by atoms with Gasteiger partial charge in [-0.2, -0.15) is 0 Å². The quantitative estimate of drug-likeness (QED) is 0.563. The molecule has 0 bridgehead atoms. The molecule has 1 unspecified atom stereocenters. The highest BCUT2D eigenvalue weighted by molar-refractivity contribution is 5.99. The highest BCUT2D eigenvalue weighted by Crippen LogP contribution is 2.40. The molecular weight excluding hydrogens is 424 g/mol. The molecule has 1 saturated carbocycles. The predicted molar refractivity (Wildman–Crippen MR) is 123 cm³/mol. The predicted octanol–water partition coefficient (Wildman–Crippen LogP) is 3.27. The van der Waals surface area contributed by atoms with Gasteiger partial charge in [-0.1, -0.05) is 13.8 Å². The Morgan fingerprint density at radius 1 is 1.18 bits per heavy atom. The van der Waals surface area contributed by atoms with Crippen LogP contribution in [0.2, 0.25) is 0 Å². The third-order valence-corrected chi connectivity index (χ3v) is 6.25. The average Bonchev–Trinajstić information content (AvgIpc) is 3.58. The number of carboxylic acids is 1. The SMILES string of the molecule is COCCCOc1cc2c(cc1C(=O)NC1CC1)-c1cc(=O)c(C(=O)O)cn1C(C(C)C)C2. The first-order valence-electron chi connectivity index (χ1n) is 11.4. The van der Waals surface area contributed by atoms with Crippen LogP contribution in [0.3, 0.4) is 0 Å². The Morgan fingerprint density at radius 2 is 1.94 bits per heavy atom. The normalized spacial score (nSPS) is 16.8. The van der Waals surface area contributed by atoms with Crippen molar-refractivity contribution in [3.63, 3.8) is 0 Å². The van der Waals surface area contributed by atoms with Gasteiger partial charge in [0.1, 0.15) is 11.3 Å². The maximum absolute atomic E-state index is 13.0. The van der Waals surface area contributed by atoms with E-state index < -0.39 is 11.4 Å². The van der Waals surface area contributed by atoms with Crippen molar-refractivity contribution in [1.29, 1.82) is 0 Å². The van der Waals surface area contributed by atoms with Crippen molar-refractivity contribution in [2.75, 3.05) is 20.3 Å². The fraction of sp³-hybridized carbons (Fsp3) is 0.480. The molecule has 8 nitrogen and oxygen atoms in total. The van der Waals surface area contributed by atoms with Gasteiger partial charge >= 0.3 is 5.97 Å². The number of carboxylic acid groups (broad SMARTS) is 1. The van der Waals surface area contributed by atoms with Crippen LogP contribution in [0.5, 0.6) is 5.75 Å². The van der Waals surface area contributed by atoms with Crippen LogP contribution in [0, 0.1) is 5.92 Å². The standard InChI is InChI=1S/C25H30N2O6/c1-14(2)20-9-15-10-23(33-8-4-7-32-3)18(24(29)26-16-5-6-16)11-17(15)21-12-22(28)19(25(30)31)13-27(20)21/h10-14,16,20H,4-9H2,1-3H3,(H,26,29)(H,30,31). The van der Waals surface area contributed by atoms with Gasteiger partial charge in [0.25, 0.3) is 5.91 Å². The Kier molecular flexibility index (Phi) is 6.56. The van der Waals surface area contributed by atoms with Crippen LogP contribution in [0.25, 0.3) is 11.3 Å². The summed E-state index contributed by atoms with van der Waals surface area (Å²) in [7, 11) is 1.63. The van der Waals surface area contributed by atoms with E-state index in [2.05, 4.69) is 19.2 Å². The van der Waals surface area contributed by atoms with E-state index in [4.69, 9.17) is 9.47 Å². The van der Waals surface area contributed by atoms with Crippen LogP contribution in [-0.4, -0.2) is 47.9 Å². The first-order valence-corrected chi connectivity index (χ1v) is 11.4. The number of amides is 1. The smallest absolute Gasteiger partial charge is 0.341 e. The number of aromatic nitrogens is 1. The molecule has 2 aliphatic rings. The van der Waals surface area contributed by atoms with Crippen LogP contribution in [0.15, 0.2) is 29.2 Å². The van der Waals surface area contributed by atoms with Crippen molar-refractivity contribution < 1.29 is 24.2 Å². The van der Waals surface area contributed by atoms with Gasteiger partial charge in [-0.3, -0.25) is 9.59 Å². The van der Waals surface area contributed by atoms with E-state index in [9.17, 15) is 19.5 Å². The summed E-state index contributed by atoms with van der Waals surface area (Å²) in [5.74, 6) is -0.731. The number of aromatic carboxylic acids is 1. The number of carbonyl (C=O) groups excluding carboxylic acids is 1. The van der Waals surface area contributed by atoms with Gasteiger partial charge in [0.15, 0.2) is 5.43 Å². The van der Waals surface area contributed by atoms with Crippen molar-refractivity contribution in [3.8, 4) is 17.0 Å². The molecule has 4 rings (SSSR count). The van der Waals surface area contributed by atoms with Gasteiger partial charge in [0, 0.05) is 50.0 Å². The largest absolute Gasteiger partial charge is 0.493 e. The topological polar surface area (TPSA) is 107 Å². The van der Waals surface area contributed by atoms with Gasteiger partial charge in [0.05, 0.1) is 17.9 Å². The second-order valence-corrected chi connectivity index (χ2v) is 9.11. The first kappa shape index (κ1) is 23.0. The average molecular weight is 455 g/mol. The molecule has 33 heavy (non-hydrogen) atoms. The molecule has 8 heteroatoms. The number of ether oxygens (including phenoxy) is 2. The van der Waals surface area contributed by atoms with Gasteiger partial charge in [-0.15, -0.1) is 0 Å². The lowest BCUT2D eigenvalue weighted by Gasteiger charge is -2.34. The van der Waals surface area contributed by atoms with E-state index in [1.165, 1.54) is 12.3 Å². The summed E-state index contributed by atoms with van der Waals surface area (Å²) in [4.78, 5) is 37.2. The van der Waals surface area contributed by atoms with E-state index in [1.54, 1.807) is 13.2 Å². The minimum absolute atomic E-state index is 0.0290. The Hall–Kier alpha value is -3.13. The molecule has 1 aromatic heterocycles. The van der Waals surface area contributed by atoms with Crippen LogP contribution < -0.4 is 15.5 Å². The first-order chi connectivity index (χ1) is 15.8. The summed E-state index contributed by atoms with van der Waals surface area (Å²) in [6.45, 7) is 5.11. The lowest BCUT2D eigenvalue weighted by molar-refractivity contribution is 0.0693. The number of hydrogen-bond acceptors (Lipinski definition) is 5. The summed E-state index contributed by atoms with van der Waals surface area (Å²) < 4.78 is 13.0. The van der Waals surface area contributed by atoms with Crippen LogP contribution in [0.4, 0.5) is 0 Å². The number of hydrogen-bond donors (Lipinski definition) is 2. The highest BCUT2D eigenvalue weighted by atomic mass is 16.5. The second-order valence-electron chi connectivity index (χ2n) is 9.11. The minimum atomic E-state index is -1.24. The zero-order valence-electron chi connectivity index (χ0n) is 19.2. The van der Waals surface area contributed by atoms with Crippen LogP contribution in [-0.2, 0) is 11.2 Å². The highest BCUT2D eigenvalue weighted by Gasteiger charge is 2.31. The molecule has 176 valence electrons. The van der Waals surface area contributed by atoms with E-state index in [1.807, 2.05) is 10.6 Å². The maximum atomic E-state index is 13.0. The van der Waals surface area contributed by atoms with Crippen LogP contribution >= 0.6 is 0 Å². The second kappa shape index (κ2) is 9.39. The maximum Gasteiger partial charge on any atom is 0.341 e. The Labute approximate surface area is 192 Å². The van der Waals surface area contributed by atoms with Crippen molar-refractivity contribution >= 4 is 11.9 Å². The van der Waals surface area contributed by atoms with Crippen molar-refractivity contribution in [3.05, 3.63) is 51.3 Å². The summed E-state index contributed by atoms with van der Waals surface area (Å²) in [5, 5.41) is 12.5. The summed E-state index contributed by atoms with van der Waals surface area (Å²) >= 11 is 0. The van der Waals surface area contributed by atoms with Crippen LogP contribution in [0.1, 0.15) is 65.4 Å². The minimum Gasteiger partial charge on any atom is -0.493 e. The third kappa shape index (κ3) is 4.80. The number of fused-ring (bicyclic) bond motifs is 3. The molecule has 2 N–H and O–H groups in total. The number of pyridine rings is 1. The molecule has 2 aromatic rings. The fourth-order valence-corrected chi connectivity index (χ4v) is 4.28. The van der Waals surface area contributed by atoms with E-state index in [0.717, 1.165) is 24.0 Å². The number of nitrogens with one attached hydrogen (secondary N) is 1. The monoisotopic (exact) mass is 454 g/mol. The number of nitrogens with zero attached hydrogens (tertiary/aromatic N) is 1. The van der Waals surface area contributed by atoms with E-state index in [0.29, 0.717) is 43.1 Å². The zero-order chi connectivity index (χ0) is 23.7. The number of rotatable bonds is 9. The molecule has 1 aromatic carbocycles. The van der Waals surface area contributed by atoms with Gasteiger partial charge < -0.3 is 24.5 Å². The molecule has 1 fully saturated rings. The molecular formula is C25H30N2O6.